The molecule has 0 aliphatic carbocycles. The van der Waals surface area contributed by atoms with Crippen molar-refractivity contribution in [2.75, 3.05) is 7.05 Å². The minimum absolute atomic E-state index is 0.0372. The molecule has 0 bridgehead atoms. The molecule has 3 nitrogen and oxygen atoms in total. The molecule has 1 rings (SSSR count). The number of nitrogens with zero attached hydrogens (tertiary/aromatic N) is 1. The Labute approximate surface area is 110 Å². The lowest BCUT2D eigenvalue weighted by Gasteiger charge is -2.24. The maximum absolute atomic E-state index is 13.0. The Balaban J connectivity index is 2.89. The second-order valence-electron chi connectivity index (χ2n) is 4.09. The van der Waals surface area contributed by atoms with E-state index < -0.39 is 17.5 Å². The molecule has 6 heteroatoms. The number of halogens is 2. The molecule has 1 atom stereocenters. The van der Waals surface area contributed by atoms with E-state index in [1.807, 2.05) is 0 Å². The highest BCUT2D eigenvalue weighted by Crippen LogP contribution is 2.12. The summed E-state index contributed by atoms with van der Waals surface area (Å²) in [6.07, 6.45) is 0.357. The lowest BCUT2D eigenvalue weighted by atomic mass is 10.1. The summed E-state index contributed by atoms with van der Waals surface area (Å²) in [5, 5.41) is 0. The van der Waals surface area contributed by atoms with Gasteiger partial charge >= 0.3 is 0 Å². The summed E-state index contributed by atoms with van der Waals surface area (Å²) >= 11 is 4.76. The van der Waals surface area contributed by atoms with Crippen LogP contribution in [0.15, 0.2) is 18.2 Å². The van der Waals surface area contributed by atoms with Gasteiger partial charge in [-0.2, -0.15) is 0 Å². The van der Waals surface area contributed by atoms with Gasteiger partial charge in [-0.3, -0.25) is 4.79 Å². The Hall–Kier alpha value is -1.56. The van der Waals surface area contributed by atoms with Crippen molar-refractivity contribution in [3.05, 3.63) is 35.4 Å². The van der Waals surface area contributed by atoms with Crippen molar-refractivity contribution in [3.8, 4) is 0 Å². The van der Waals surface area contributed by atoms with Crippen LogP contribution in [0.1, 0.15) is 23.7 Å². The van der Waals surface area contributed by atoms with Gasteiger partial charge in [-0.05, 0) is 19.1 Å². The standard InChI is InChI=1S/C12H14F2N2OS/c1-7(3-11(15)18)16(2)12(17)8-4-9(13)6-10(14)5-8/h4-7H,3H2,1-2H3,(H2,15,18). The van der Waals surface area contributed by atoms with E-state index in [2.05, 4.69) is 0 Å². The van der Waals surface area contributed by atoms with Crippen LogP contribution in [0.25, 0.3) is 0 Å². The SMILES string of the molecule is CC(CC(N)=S)N(C)C(=O)c1cc(F)cc(F)c1. The molecule has 0 saturated heterocycles. The number of hydrogen-bond acceptors (Lipinski definition) is 2. The van der Waals surface area contributed by atoms with Crippen LogP contribution in [0.5, 0.6) is 0 Å². The Morgan fingerprint density at radius 3 is 2.33 bits per heavy atom. The Bertz CT molecular complexity index is 459. The number of hydrogen-bond donors (Lipinski definition) is 1. The average Bonchev–Trinajstić information content (AvgIpc) is 2.24. The van der Waals surface area contributed by atoms with E-state index in [0.717, 1.165) is 18.2 Å². The summed E-state index contributed by atoms with van der Waals surface area (Å²) in [6.45, 7) is 1.76. The highest BCUT2D eigenvalue weighted by atomic mass is 32.1. The van der Waals surface area contributed by atoms with Crippen LogP contribution >= 0.6 is 12.2 Å². The number of carbonyl (C=O) groups excluding carboxylic acids is 1. The van der Waals surface area contributed by atoms with Crippen LogP contribution in [-0.4, -0.2) is 28.9 Å². The molecule has 0 fully saturated rings. The van der Waals surface area contributed by atoms with Crippen LogP contribution in [-0.2, 0) is 0 Å². The normalized spacial score (nSPS) is 12.0. The Morgan fingerprint density at radius 2 is 1.89 bits per heavy atom. The van der Waals surface area contributed by atoms with Gasteiger partial charge in [0.05, 0.1) is 4.99 Å². The lowest BCUT2D eigenvalue weighted by Crippen LogP contribution is -2.37. The zero-order valence-electron chi connectivity index (χ0n) is 10.1. The smallest absolute Gasteiger partial charge is 0.254 e. The van der Waals surface area contributed by atoms with E-state index in [0.29, 0.717) is 6.42 Å². The fourth-order valence-electron chi connectivity index (χ4n) is 1.51. The molecule has 98 valence electrons. The maximum Gasteiger partial charge on any atom is 0.254 e. The van der Waals surface area contributed by atoms with Crippen LogP contribution in [0, 0.1) is 11.6 Å². The van der Waals surface area contributed by atoms with Crippen molar-refractivity contribution in [2.45, 2.75) is 19.4 Å². The number of amides is 1. The largest absolute Gasteiger partial charge is 0.393 e. The molecular weight excluding hydrogens is 258 g/mol. The molecule has 0 saturated carbocycles. The fraction of sp³-hybridized carbons (Fsp3) is 0.333. The number of thiocarbonyl (C=S) groups is 1. The van der Waals surface area contributed by atoms with Gasteiger partial charge in [-0.15, -0.1) is 0 Å². The third-order valence-corrected chi connectivity index (χ3v) is 2.75. The summed E-state index contributed by atoms with van der Waals surface area (Å²) in [5.41, 5.74) is 5.35. The number of rotatable bonds is 4. The van der Waals surface area contributed by atoms with Gasteiger partial charge in [0.1, 0.15) is 11.6 Å². The molecule has 1 unspecified atom stereocenters. The Morgan fingerprint density at radius 1 is 1.39 bits per heavy atom. The van der Waals surface area contributed by atoms with Crippen LogP contribution in [0.3, 0.4) is 0 Å². The van der Waals surface area contributed by atoms with Gasteiger partial charge in [0.2, 0.25) is 0 Å². The van der Waals surface area contributed by atoms with Gasteiger partial charge in [-0.25, -0.2) is 8.78 Å². The van der Waals surface area contributed by atoms with E-state index in [-0.39, 0.29) is 16.6 Å². The van der Waals surface area contributed by atoms with Crippen LogP contribution < -0.4 is 5.73 Å². The monoisotopic (exact) mass is 272 g/mol. The first-order chi connectivity index (χ1) is 8.31. The number of nitrogens with two attached hydrogens (primary N) is 1. The van der Waals surface area contributed by atoms with Crippen molar-refractivity contribution in [1.29, 1.82) is 0 Å². The summed E-state index contributed by atoms with van der Waals surface area (Å²) in [7, 11) is 1.54. The molecule has 1 amide bonds. The highest BCUT2D eigenvalue weighted by molar-refractivity contribution is 7.80. The van der Waals surface area contributed by atoms with Gasteiger partial charge in [-0.1, -0.05) is 12.2 Å². The topological polar surface area (TPSA) is 46.3 Å². The first-order valence-corrected chi connectivity index (χ1v) is 5.73. The summed E-state index contributed by atoms with van der Waals surface area (Å²) < 4.78 is 26.0. The molecule has 0 heterocycles. The minimum atomic E-state index is -0.784. The maximum atomic E-state index is 13.0. The van der Waals surface area contributed by atoms with Crippen molar-refractivity contribution in [1.82, 2.24) is 4.90 Å². The second-order valence-corrected chi connectivity index (χ2v) is 4.62. The third-order valence-electron chi connectivity index (χ3n) is 2.59. The van der Waals surface area contributed by atoms with E-state index in [1.165, 1.54) is 11.9 Å². The van der Waals surface area contributed by atoms with Crippen molar-refractivity contribution < 1.29 is 13.6 Å². The summed E-state index contributed by atoms with van der Waals surface area (Å²) in [5.74, 6) is -2.04. The molecule has 0 aliphatic rings. The molecule has 1 aromatic carbocycles. The summed E-state index contributed by atoms with van der Waals surface area (Å²) in [4.78, 5) is 13.6. The number of carbonyl (C=O) groups is 1. The minimum Gasteiger partial charge on any atom is -0.393 e. The quantitative estimate of drug-likeness (QED) is 0.854. The highest BCUT2D eigenvalue weighted by Gasteiger charge is 2.19. The predicted molar refractivity (Wildman–Crippen MR) is 69.3 cm³/mol. The van der Waals surface area contributed by atoms with E-state index in [4.69, 9.17) is 18.0 Å². The molecule has 0 spiro atoms. The predicted octanol–water partition coefficient (Wildman–Crippen LogP) is 2.10. The zero-order chi connectivity index (χ0) is 13.9. The van der Waals surface area contributed by atoms with Gasteiger partial charge < -0.3 is 10.6 Å². The second kappa shape index (κ2) is 5.86. The van der Waals surface area contributed by atoms with E-state index in [9.17, 15) is 13.6 Å². The van der Waals surface area contributed by atoms with Crippen LogP contribution in [0.4, 0.5) is 8.78 Å². The van der Waals surface area contributed by atoms with Gasteiger partial charge in [0.25, 0.3) is 5.91 Å². The number of benzene rings is 1. The average molecular weight is 272 g/mol. The molecule has 0 aromatic heterocycles. The summed E-state index contributed by atoms with van der Waals surface area (Å²) in [6, 6.07) is 2.47. The molecular formula is C12H14F2N2OS. The van der Waals surface area contributed by atoms with Crippen molar-refractivity contribution >= 4 is 23.1 Å². The first-order valence-electron chi connectivity index (χ1n) is 5.33. The van der Waals surface area contributed by atoms with Crippen molar-refractivity contribution in [2.24, 2.45) is 5.73 Å². The lowest BCUT2D eigenvalue weighted by molar-refractivity contribution is 0.0747. The van der Waals surface area contributed by atoms with Gasteiger partial charge in [0, 0.05) is 31.1 Å². The first kappa shape index (κ1) is 14.5. The zero-order valence-corrected chi connectivity index (χ0v) is 10.9. The van der Waals surface area contributed by atoms with E-state index >= 15 is 0 Å². The molecule has 0 radical (unpaired) electrons. The van der Waals surface area contributed by atoms with Gasteiger partial charge in [0.15, 0.2) is 0 Å². The van der Waals surface area contributed by atoms with Crippen LogP contribution in [0.2, 0.25) is 0 Å². The molecule has 1 aromatic rings. The fourth-order valence-corrected chi connectivity index (χ4v) is 1.75. The third kappa shape index (κ3) is 3.73. The van der Waals surface area contributed by atoms with Crippen molar-refractivity contribution in [3.63, 3.8) is 0 Å². The molecule has 18 heavy (non-hydrogen) atoms. The molecule has 2 N–H and O–H groups in total. The Kier molecular flexibility index (Phi) is 4.72. The van der Waals surface area contributed by atoms with E-state index in [1.54, 1.807) is 6.92 Å². The molecule has 0 aliphatic heterocycles.